The summed E-state index contributed by atoms with van der Waals surface area (Å²) in [4.78, 5) is 4.69. The van der Waals surface area contributed by atoms with Crippen molar-refractivity contribution in [2.75, 3.05) is 0 Å². The molecule has 0 bridgehead atoms. The van der Waals surface area contributed by atoms with Crippen LogP contribution in [0.3, 0.4) is 0 Å². The largest absolute Gasteiger partial charge is 0.266 e. The van der Waals surface area contributed by atoms with E-state index >= 15 is 0 Å². The summed E-state index contributed by atoms with van der Waals surface area (Å²) in [6.07, 6.45) is 4.09. The van der Waals surface area contributed by atoms with Crippen LogP contribution >= 0.6 is 0 Å². The van der Waals surface area contributed by atoms with Crippen molar-refractivity contribution in [2.45, 2.75) is 20.0 Å². The molecule has 3 aromatic carbocycles. The maximum absolute atomic E-state index is 4.69. The van der Waals surface area contributed by atoms with Gasteiger partial charge < -0.3 is 0 Å². The zero-order chi connectivity index (χ0) is 23.0. The van der Waals surface area contributed by atoms with Crippen LogP contribution in [0.2, 0.25) is 13.1 Å². The number of pyridine rings is 2. The first-order valence-corrected chi connectivity index (χ1v) is 14.5. The van der Waals surface area contributed by atoms with Crippen LogP contribution in [0.15, 0.2) is 103 Å². The predicted octanol–water partition coefficient (Wildman–Crippen LogP) is 5.52. The molecule has 0 saturated heterocycles. The van der Waals surface area contributed by atoms with E-state index in [-0.39, 0.29) is 0 Å². The Labute approximate surface area is 197 Å². The van der Waals surface area contributed by atoms with Gasteiger partial charge >= 0.3 is 0 Å². The van der Waals surface area contributed by atoms with Crippen LogP contribution in [0.1, 0.15) is 5.56 Å². The van der Waals surface area contributed by atoms with Gasteiger partial charge in [0.05, 0.1) is 5.39 Å². The highest BCUT2D eigenvalue weighted by molar-refractivity contribution is 7.00. The van der Waals surface area contributed by atoms with E-state index < -0.39 is 8.07 Å². The molecule has 2 aromatic heterocycles. The second-order valence-electron chi connectivity index (χ2n) is 9.31. The van der Waals surface area contributed by atoms with E-state index in [1.807, 2.05) is 12.3 Å². The first kappa shape index (κ1) is 21.3. The Hall–Kier alpha value is -3.56. The molecule has 0 aliphatic rings. The second kappa shape index (κ2) is 8.42. The SMILES string of the molecule is Cc1cc(-c2ccccc2)ccc1-c1c2ccc([Si](C)(C)c3ccccn3)cc2cc[n+]1C. The van der Waals surface area contributed by atoms with Crippen LogP contribution in [0.5, 0.6) is 0 Å². The average molecular weight is 446 g/mol. The summed E-state index contributed by atoms with van der Waals surface area (Å²) in [5, 5.41) is 5.19. The van der Waals surface area contributed by atoms with Gasteiger partial charge in [0.1, 0.15) is 15.1 Å². The fraction of sp³-hybridized carbons (Fsp3) is 0.133. The number of aryl methyl sites for hydroxylation is 2. The zero-order valence-electron chi connectivity index (χ0n) is 19.7. The Bertz CT molecular complexity index is 1440. The Morgan fingerprint density at radius 2 is 1.55 bits per heavy atom. The minimum Gasteiger partial charge on any atom is -0.266 e. The number of hydrogen-bond donors (Lipinski definition) is 0. The molecule has 0 spiro atoms. The van der Waals surface area contributed by atoms with Gasteiger partial charge in [-0.2, -0.15) is 0 Å². The van der Waals surface area contributed by atoms with Crippen molar-refractivity contribution >= 4 is 29.4 Å². The lowest BCUT2D eigenvalue weighted by molar-refractivity contribution is -0.659. The molecule has 0 atom stereocenters. The van der Waals surface area contributed by atoms with Crippen LogP contribution in [0.4, 0.5) is 0 Å². The molecule has 0 N–H and O–H groups in total. The highest BCUT2D eigenvalue weighted by atomic mass is 28.3. The number of nitrogens with zero attached hydrogens (tertiary/aromatic N) is 2. The van der Waals surface area contributed by atoms with Crippen LogP contribution in [0, 0.1) is 6.92 Å². The van der Waals surface area contributed by atoms with Gasteiger partial charge in [-0.25, -0.2) is 4.57 Å². The lowest BCUT2D eigenvalue weighted by Gasteiger charge is -2.22. The van der Waals surface area contributed by atoms with E-state index in [9.17, 15) is 0 Å². The smallest absolute Gasteiger partial charge is 0.220 e. The van der Waals surface area contributed by atoms with Crippen LogP contribution in [-0.2, 0) is 7.05 Å². The van der Waals surface area contributed by atoms with Gasteiger partial charge in [0.2, 0.25) is 5.69 Å². The van der Waals surface area contributed by atoms with Crippen LogP contribution in [0.25, 0.3) is 33.2 Å². The van der Waals surface area contributed by atoms with Crippen molar-refractivity contribution in [3.63, 3.8) is 0 Å². The first-order chi connectivity index (χ1) is 15.9. The summed E-state index contributed by atoms with van der Waals surface area (Å²) in [5.74, 6) is 0. The Kier molecular flexibility index (Phi) is 5.43. The molecule has 162 valence electrons. The number of aromatic nitrogens is 2. The van der Waals surface area contributed by atoms with Gasteiger partial charge in [-0.05, 0) is 53.3 Å². The molecule has 5 rings (SSSR count). The molecule has 0 aliphatic heterocycles. The standard InChI is InChI=1S/C30H29N2Si/c1-22-20-24(23-10-6-5-7-11-23)13-15-27(22)30-28-16-14-26(21-25(28)17-19-32(30)2)33(3,4)29-12-8-9-18-31-29/h5-21H,1-4H3/q+1. The molecule has 0 unspecified atom stereocenters. The van der Waals surface area contributed by atoms with Crippen molar-refractivity contribution in [3.05, 3.63) is 109 Å². The second-order valence-corrected chi connectivity index (χ2v) is 13.7. The molecular formula is C30H29N2Si+. The third kappa shape index (κ3) is 3.89. The Balaban J connectivity index is 1.62. The van der Waals surface area contributed by atoms with E-state index in [2.05, 4.69) is 128 Å². The molecule has 0 aliphatic carbocycles. The van der Waals surface area contributed by atoms with E-state index in [0.717, 1.165) is 0 Å². The molecule has 3 heteroatoms. The highest BCUT2D eigenvalue weighted by Gasteiger charge is 2.28. The summed E-state index contributed by atoms with van der Waals surface area (Å²) < 4.78 is 2.24. The maximum Gasteiger partial charge on any atom is 0.220 e. The molecule has 0 radical (unpaired) electrons. The van der Waals surface area contributed by atoms with Gasteiger partial charge in [0.15, 0.2) is 6.20 Å². The molecule has 2 heterocycles. The first-order valence-electron chi connectivity index (χ1n) is 11.5. The van der Waals surface area contributed by atoms with Crippen LogP contribution in [-0.4, -0.2) is 13.1 Å². The Morgan fingerprint density at radius 1 is 0.758 bits per heavy atom. The molecule has 0 saturated carbocycles. The topological polar surface area (TPSA) is 16.8 Å². The van der Waals surface area contributed by atoms with Crippen molar-refractivity contribution < 1.29 is 4.57 Å². The predicted molar refractivity (Wildman–Crippen MR) is 142 cm³/mol. The fourth-order valence-corrected chi connectivity index (χ4v) is 6.94. The van der Waals surface area contributed by atoms with Crippen LogP contribution < -0.4 is 15.1 Å². The molecule has 33 heavy (non-hydrogen) atoms. The number of fused-ring (bicyclic) bond motifs is 1. The molecular weight excluding hydrogens is 416 g/mol. The minimum absolute atomic E-state index is 1.22. The number of rotatable bonds is 4. The normalized spacial score (nSPS) is 11.6. The summed E-state index contributed by atoms with van der Waals surface area (Å²) in [5.41, 5.74) is 6.32. The summed E-state index contributed by atoms with van der Waals surface area (Å²) in [7, 11) is 0.282. The van der Waals surface area contributed by atoms with E-state index in [1.165, 1.54) is 49.2 Å². The molecule has 0 amide bonds. The number of hydrogen-bond acceptors (Lipinski definition) is 1. The van der Waals surface area contributed by atoms with Gasteiger partial charge in [-0.3, -0.25) is 4.98 Å². The van der Waals surface area contributed by atoms with Crippen molar-refractivity contribution in [1.29, 1.82) is 0 Å². The Morgan fingerprint density at radius 3 is 2.27 bits per heavy atom. The monoisotopic (exact) mass is 445 g/mol. The highest BCUT2D eigenvalue weighted by Crippen LogP contribution is 2.31. The molecule has 2 nitrogen and oxygen atoms in total. The van der Waals surface area contributed by atoms with Crippen molar-refractivity contribution in [3.8, 4) is 22.4 Å². The van der Waals surface area contributed by atoms with Gasteiger partial charge in [0, 0.05) is 23.1 Å². The lowest BCUT2D eigenvalue weighted by Crippen LogP contribution is -2.54. The lowest BCUT2D eigenvalue weighted by atomic mass is 9.95. The summed E-state index contributed by atoms with van der Waals surface area (Å²) in [6.45, 7) is 6.98. The van der Waals surface area contributed by atoms with Gasteiger partial charge in [0.25, 0.3) is 0 Å². The van der Waals surface area contributed by atoms with Crippen molar-refractivity contribution in [1.82, 2.24) is 4.98 Å². The fourth-order valence-electron chi connectivity index (χ4n) is 4.72. The molecule has 0 fully saturated rings. The number of benzene rings is 3. The van der Waals surface area contributed by atoms with E-state index in [0.29, 0.717) is 0 Å². The van der Waals surface area contributed by atoms with Gasteiger partial charge in [-0.15, -0.1) is 0 Å². The summed E-state index contributed by atoms with van der Waals surface area (Å²) >= 11 is 0. The van der Waals surface area contributed by atoms with E-state index in [4.69, 9.17) is 0 Å². The summed E-state index contributed by atoms with van der Waals surface area (Å²) in [6, 6.07) is 32.9. The van der Waals surface area contributed by atoms with Gasteiger partial charge in [-0.1, -0.05) is 78.9 Å². The zero-order valence-corrected chi connectivity index (χ0v) is 20.7. The van der Waals surface area contributed by atoms with Crippen molar-refractivity contribution in [2.24, 2.45) is 7.05 Å². The maximum atomic E-state index is 4.69. The average Bonchev–Trinajstić information content (AvgIpc) is 2.85. The third-order valence-corrected chi connectivity index (χ3v) is 10.1. The van der Waals surface area contributed by atoms with E-state index in [1.54, 1.807) is 0 Å². The minimum atomic E-state index is -1.86. The third-order valence-electron chi connectivity index (χ3n) is 6.75. The quantitative estimate of drug-likeness (QED) is 0.263. The molecule has 5 aromatic rings.